The minimum atomic E-state index is 0.226. The van der Waals surface area contributed by atoms with Crippen molar-refractivity contribution in [2.45, 2.75) is 6.92 Å². The van der Waals surface area contributed by atoms with Crippen LogP contribution in [0.3, 0.4) is 0 Å². The number of benzene rings is 1. The van der Waals surface area contributed by atoms with Crippen molar-refractivity contribution in [2.24, 2.45) is 0 Å². The molecule has 2 aromatic rings. The summed E-state index contributed by atoms with van der Waals surface area (Å²) in [6.07, 6.45) is 0. The third kappa shape index (κ3) is 2.04. The number of aromatic nitrogens is 1. The highest BCUT2D eigenvalue weighted by Crippen LogP contribution is 2.37. The van der Waals surface area contributed by atoms with Crippen LogP contribution in [0.25, 0.3) is 11.3 Å². The van der Waals surface area contributed by atoms with E-state index < -0.39 is 0 Å². The summed E-state index contributed by atoms with van der Waals surface area (Å²) in [5.74, 6) is 1.18. The van der Waals surface area contributed by atoms with Gasteiger partial charge in [-0.15, -0.1) is 0 Å². The van der Waals surface area contributed by atoms with Crippen LogP contribution < -0.4 is 4.74 Å². The summed E-state index contributed by atoms with van der Waals surface area (Å²) in [7, 11) is 1.59. The monoisotopic (exact) mass is 292 g/mol. The number of hydrogen-bond donors (Lipinski definition) is 0. The molecule has 5 heteroatoms. The van der Waals surface area contributed by atoms with Gasteiger partial charge in [-0.2, -0.15) is 5.26 Å². The summed E-state index contributed by atoms with van der Waals surface area (Å²) in [4.78, 5) is 0. The SMILES string of the molecule is COc1ccc(C)cc1-c1onc(C#N)c1Br. The molecule has 0 amide bonds. The number of methoxy groups -OCH3 is 1. The van der Waals surface area contributed by atoms with Crippen molar-refractivity contribution in [3.63, 3.8) is 0 Å². The molecule has 0 saturated carbocycles. The molecule has 0 saturated heterocycles. The average Bonchev–Trinajstić information content (AvgIpc) is 2.70. The van der Waals surface area contributed by atoms with Crippen molar-refractivity contribution in [2.75, 3.05) is 7.11 Å². The zero-order valence-electron chi connectivity index (χ0n) is 9.32. The summed E-state index contributed by atoms with van der Waals surface area (Å²) in [5, 5.41) is 12.5. The number of aryl methyl sites for hydroxylation is 1. The molecule has 4 nitrogen and oxygen atoms in total. The molecular formula is C12H9BrN2O2. The van der Waals surface area contributed by atoms with Crippen LogP contribution in [-0.4, -0.2) is 12.3 Å². The molecule has 0 aliphatic carbocycles. The first-order valence-electron chi connectivity index (χ1n) is 4.87. The average molecular weight is 293 g/mol. The first kappa shape index (κ1) is 11.7. The normalized spacial score (nSPS) is 10.0. The van der Waals surface area contributed by atoms with Crippen molar-refractivity contribution >= 4 is 15.9 Å². The molecule has 0 N–H and O–H groups in total. The summed E-state index contributed by atoms with van der Waals surface area (Å²) in [6.45, 7) is 1.97. The van der Waals surface area contributed by atoms with Gasteiger partial charge in [-0.1, -0.05) is 16.8 Å². The van der Waals surface area contributed by atoms with Gasteiger partial charge >= 0.3 is 0 Å². The third-order valence-corrected chi connectivity index (χ3v) is 3.08. The predicted molar refractivity (Wildman–Crippen MR) is 65.6 cm³/mol. The summed E-state index contributed by atoms with van der Waals surface area (Å²) in [5.41, 5.74) is 2.07. The van der Waals surface area contributed by atoms with E-state index in [0.717, 1.165) is 11.1 Å². The number of nitrogens with zero attached hydrogens (tertiary/aromatic N) is 2. The first-order valence-corrected chi connectivity index (χ1v) is 5.67. The Balaban J connectivity index is 2.63. The Labute approximate surface area is 107 Å². The van der Waals surface area contributed by atoms with Gasteiger partial charge in [0.05, 0.1) is 12.7 Å². The molecule has 0 unspecified atom stereocenters. The maximum Gasteiger partial charge on any atom is 0.198 e. The molecule has 0 aliphatic heterocycles. The third-order valence-electron chi connectivity index (χ3n) is 2.34. The predicted octanol–water partition coefficient (Wildman–Crippen LogP) is 3.29. The molecular weight excluding hydrogens is 284 g/mol. The molecule has 2 rings (SSSR count). The topological polar surface area (TPSA) is 59.1 Å². The minimum Gasteiger partial charge on any atom is -0.496 e. The van der Waals surface area contributed by atoms with E-state index in [1.54, 1.807) is 7.11 Å². The second-order valence-corrected chi connectivity index (χ2v) is 4.28. The Bertz CT molecular complexity index is 599. The zero-order valence-corrected chi connectivity index (χ0v) is 10.9. The highest BCUT2D eigenvalue weighted by molar-refractivity contribution is 9.10. The number of hydrogen-bond acceptors (Lipinski definition) is 4. The van der Waals surface area contributed by atoms with E-state index in [9.17, 15) is 0 Å². The molecule has 0 bridgehead atoms. The van der Waals surface area contributed by atoms with E-state index in [1.165, 1.54) is 0 Å². The number of ether oxygens (including phenoxy) is 1. The second-order valence-electron chi connectivity index (χ2n) is 3.49. The summed E-state index contributed by atoms with van der Waals surface area (Å²) in [6, 6.07) is 7.66. The van der Waals surface area contributed by atoms with E-state index >= 15 is 0 Å². The molecule has 17 heavy (non-hydrogen) atoms. The van der Waals surface area contributed by atoms with Crippen LogP contribution in [-0.2, 0) is 0 Å². The Morgan fingerprint density at radius 2 is 2.24 bits per heavy atom. The van der Waals surface area contributed by atoms with Crippen LogP contribution in [0.2, 0.25) is 0 Å². The van der Waals surface area contributed by atoms with Crippen LogP contribution in [0.4, 0.5) is 0 Å². The molecule has 0 fully saturated rings. The Morgan fingerprint density at radius 3 is 2.82 bits per heavy atom. The maximum atomic E-state index is 8.83. The van der Waals surface area contributed by atoms with Crippen molar-refractivity contribution in [3.8, 4) is 23.1 Å². The summed E-state index contributed by atoms with van der Waals surface area (Å²) < 4.78 is 11.0. The highest BCUT2D eigenvalue weighted by atomic mass is 79.9. The number of rotatable bonds is 2. The van der Waals surface area contributed by atoms with Gasteiger partial charge in [0, 0.05) is 0 Å². The maximum absolute atomic E-state index is 8.83. The van der Waals surface area contributed by atoms with Crippen LogP contribution in [0, 0.1) is 18.3 Å². The highest BCUT2D eigenvalue weighted by Gasteiger charge is 2.18. The molecule has 1 heterocycles. The van der Waals surface area contributed by atoms with Crippen LogP contribution in [0.5, 0.6) is 5.75 Å². The quantitative estimate of drug-likeness (QED) is 0.852. The number of halogens is 1. The van der Waals surface area contributed by atoms with E-state index in [4.69, 9.17) is 14.5 Å². The van der Waals surface area contributed by atoms with Gasteiger partial charge < -0.3 is 9.26 Å². The lowest BCUT2D eigenvalue weighted by atomic mass is 10.1. The van der Waals surface area contributed by atoms with Crippen molar-refractivity contribution in [1.82, 2.24) is 5.16 Å². The van der Waals surface area contributed by atoms with Crippen LogP contribution >= 0.6 is 15.9 Å². The first-order chi connectivity index (χ1) is 8.17. The largest absolute Gasteiger partial charge is 0.496 e. The van der Waals surface area contributed by atoms with Crippen molar-refractivity contribution in [1.29, 1.82) is 5.26 Å². The van der Waals surface area contributed by atoms with Gasteiger partial charge in [0.2, 0.25) is 0 Å². The number of nitriles is 1. The Hall–Kier alpha value is -1.80. The van der Waals surface area contributed by atoms with Crippen molar-refractivity contribution in [3.05, 3.63) is 33.9 Å². The minimum absolute atomic E-state index is 0.226. The van der Waals surface area contributed by atoms with Gasteiger partial charge in [0.1, 0.15) is 16.3 Å². The molecule has 1 aromatic carbocycles. The lowest BCUT2D eigenvalue weighted by molar-refractivity contribution is 0.405. The molecule has 1 aromatic heterocycles. The lowest BCUT2D eigenvalue weighted by Crippen LogP contribution is -1.88. The van der Waals surface area contributed by atoms with Gasteiger partial charge in [-0.25, -0.2) is 0 Å². The Kier molecular flexibility index (Phi) is 3.16. The Morgan fingerprint density at radius 1 is 1.47 bits per heavy atom. The molecule has 0 radical (unpaired) electrons. The van der Waals surface area contributed by atoms with Gasteiger partial charge in [0.25, 0.3) is 0 Å². The second kappa shape index (κ2) is 4.60. The molecule has 0 spiro atoms. The standard InChI is InChI=1S/C12H9BrN2O2/c1-7-3-4-10(16-2)8(5-7)12-11(13)9(6-14)15-17-12/h3-5H,1-2H3. The molecule has 0 atom stereocenters. The smallest absolute Gasteiger partial charge is 0.198 e. The van der Waals surface area contributed by atoms with Crippen molar-refractivity contribution < 1.29 is 9.26 Å². The fourth-order valence-corrected chi connectivity index (χ4v) is 1.96. The van der Waals surface area contributed by atoms with Gasteiger partial charge in [0.15, 0.2) is 11.5 Å². The van der Waals surface area contributed by atoms with Crippen LogP contribution in [0.1, 0.15) is 11.3 Å². The molecule has 0 aliphatic rings. The summed E-state index contributed by atoms with van der Waals surface area (Å²) >= 11 is 3.30. The van der Waals surface area contributed by atoms with E-state index in [1.807, 2.05) is 31.2 Å². The van der Waals surface area contributed by atoms with E-state index in [2.05, 4.69) is 21.1 Å². The van der Waals surface area contributed by atoms with Gasteiger partial charge in [-0.05, 0) is 35.0 Å². The van der Waals surface area contributed by atoms with Crippen LogP contribution in [0.15, 0.2) is 27.2 Å². The van der Waals surface area contributed by atoms with E-state index in [-0.39, 0.29) is 5.69 Å². The van der Waals surface area contributed by atoms with E-state index in [0.29, 0.717) is 16.0 Å². The zero-order chi connectivity index (χ0) is 12.4. The fourth-order valence-electron chi connectivity index (χ4n) is 1.52. The van der Waals surface area contributed by atoms with Gasteiger partial charge in [-0.3, -0.25) is 0 Å². The fraction of sp³-hybridized carbons (Fsp3) is 0.167. The molecule has 86 valence electrons. The lowest BCUT2D eigenvalue weighted by Gasteiger charge is -2.06.